The molecule has 0 amide bonds. The van der Waals surface area contributed by atoms with Gasteiger partial charge in [0.25, 0.3) is 0 Å². The van der Waals surface area contributed by atoms with E-state index in [0.29, 0.717) is 16.5 Å². The summed E-state index contributed by atoms with van der Waals surface area (Å²) in [5.41, 5.74) is 2.97. The highest BCUT2D eigenvalue weighted by Gasteiger charge is 2.13. The summed E-state index contributed by atoms with van der Waals surface area (Å²) >= 11 is 1.49. The van der Waals surface area contributed by atoms with Gasteiger partial charge in [-0.15, -0.1) is 0 Å². The van der Waals surface area contributed by atoms with Crippen molar-refractivity contribution in [1.29, 1.82) is 0 Å². The molecule has 5 rings (SSSR count). The Kier molecular flexibility index (Phi) is 4.33. The van der Waals surface area contributed by atoms with Crippen LogP contribution in [0.1, 0.15) is 5.56 Å². The Hall–Kier alpha value is -3.51. The lowest BCUT2D eigenvalue weighted by Crippen LogP contribution is -2.08. The third-order valence-corrected chi connectivity index (χ3v) is 5.85. The lowest BCUT2D eigenvalue weighted by atomic mass is 10.0. The second-order valence-corrected chi connectivity index (χ2v) is 7.66. The number of aromatic nitrogens is 2. The molecule has 142 valence electrons. The van der Waals surface area contributed by atoms with E-state index in [1.165, 1.54) is 16.4 Å². The Morgan fingerprint density at radius 3 is 2.66 bits per heavy atom. The summed E-state index contributed by atoms with van der Waals surface area (Å²) in [6.45, 7) is 0. The average molecular weight is 399 g/mol. The number of fused-ring (bicyclic) bond motifs is 3. The van der Waals surface area contributed by atoms with Crippen LogP contribution in [0.3, 0.4) is 0 Å². The lowest BCUT2D eigenvalue weighted by Gasteiger charge is -2.08. The van der Waals surface area contributed by atoms with Gasteiger partial charge in [-0.2, -0.15) is 0 Å². The summed E-state index contributed by atoms with van der Waals surface area (Å²) in [6.07, 6.45) is 1.81. The number of imidazole rings is 1. The summed E-state index contributed by atoms with van der Waals surface area (Å²) in [7, 11) is 0. The summed E-state index contributed by atoms with van der Waals surface area (Å²) in [6, 6.07) is 23.4. The van der Waals surface area contributed by atoms with E-state index in [-0.39, 0.29) is 5.63 Å². The number of hydrogen-bond donors (Lipinski definition) is 1. The largest absolute Gasteiger partial charge is 0.423 e. The molecule has 2 aromatic heterocycles. The van der Waals surface area contributed by atoms with Crippen molar-refractivity contribution >= 4 is 33.5 Å². The molecule has 2 N–H and O–H groups in total. The molecule has 29 heavy (non-hydrogen) atoms. The average Bonchev–Trinajstić information content (AvgIpc) is 3.12. The first kappa shape index (κ1) is 17.6. The van der Waals surface area contributed by atoms with Crippen molar-refractivity contribution in [3.63, 3.8) is 0 Å². The van der Waals surface area contributed by atoms with Gasteiger partial charge >= 0.3 is 5.63 Å². The van der Waals surface area contributed by atoms with Crippen LogP contribution in [0, 0.1) is 0 Å². The van der Waals surface area contributed by atoms with Gasteiger partial charge in [0.15, 0.2) is 5.16 Å². The molecule has 0 fully saturated rings. The van der Waals surface area contributed by atoms with Crippen LogP contribution in [0.5, 0.6) is 0 Å². The zero-order chi connectivity index (χ0) is 19.8. The summed E-state index contributed by atoms with van der Waals surface area (Å²) in [5.74, 6) is 6.68. The highest BCUT2D eigenvalue weighted by Crippen LogP contribution is 2.31. The fourth-order valence-electron chi connectivity index (χ4n) is 3.51. The second-order valence-electron chi connectivity index (χ2n) is 6.72. The number of nitrogens with two attached hydrogens (primary N) is 1. The van der Waals surface area contributed by atoms with Gasteiger partial charge in [-0.1, -0.05) is 72.4 Å². The van der Waals surface area contributed by atoms with Gasteiger partial charge in [0.05, 0.1) is 11.9 Å². The standard InChI is InChI=1S/C23H17N3O2S/c24-26-13-19(16-7-2-1-3-8-16)25-23(26)29-14-17-12-21(27)28-20-11-10-15-6-4-5-9-18(15)22(17)20/h1-13H,14,24H2. The Balaban J connectivity index is 1.54. The predicted octanol–water partition coefficient (Wildman–Crippen LogP) is 4.82. The molecule has 5 nitrogen and oxygen atoms in total. The van der Waals surface area contributed by atoms with E-state index >= 15 is 0 Å². The van der Waals surface area contributed by atoms with E-state index < -0.39 is 0 Å². The molecule has 3 aromatic carbocycles. The van der Waals surface area contributed by atoms with Gasteiger partial charge in [0.1, 0.15) is 5.58 Å². The van der Waals surface area contributed by atoms with Crippen molar-refractivity contribution in [2.45, 2.75) is 10.9 Å². The van der Waals surface area contributed by atoms with Gasteiger partial charge in [0, 0.05) is 22.8 Å². The number of hydrogen-bond acceptors (Lipinski definition) is 5. The van der Waals surface area contributed by atoms with Crippen LogP contribution in [0.4, 0.5) is 0 Å². The van der Waals surface area contributed by atoms with Gasteiger partial charge in [-0.3, -0.25) is 0 Å². The number of benzene rings is 3. The molecule has 0 saturated heterocycles. The minimum absolute atomic E-state index is 0.357. The molecule has 0 bridgehead atoms. The highest BCUT2D eigenvalue weighted by atomic mass is 32.2. The van der Waals surface area contributed by atoms with E-state index in [2.05, 4.69) is 11.1 Å². The molecular formula is C23H17N3O2S. The third kappa shape index (κ3) is 3.28. The molecule has 0 aliphatic heterocycles. The fraction of sp³-hybridized carbons (Fsp3) is 0.0435. The fourth-order valence-corrected chi connectivity index (χ4v) is 4.38. The van der Waals surface area contributed by atoms with E-state index in [1.807, 2.05) is 66.9 Å². The molecule has 6 heteroatoms. The SMILES string of the molecule is Nn1cc(-c2ccccc2)nc1SCc1cc(=O)oc2ccc3ccccc3c12. The molecule has 0 unspecified atom stereocenters. The van der Waals surface area contributed by atoms with Gasteiger partial charge in [-0.05, 0) is 22.4 Å². The lowest BCUT2D eigenvalue weighted by molar-refractivity contribution is 0.560. The minimum Gasteiger partial charge on any atom is -0.423 e. The molecule has 0 aliphatic carbocycles. The number of nitrogens with zero attached hydrogens (tertiary/aromatic N) is 2. The normalized spacial score (nSPS) is 11.3. The van der Waals surface area contributed by atoms with Crippen LogP contribution in [0.25, 0.3) is 33.0 Å². The maximum atomic E-state index is 12.1. The van der Waals surface area contributed by atoms with Crippen molar-refractivity contribution in [3.8, 4) is 11.3 Å². The Morgan fingerprint density at radius 1 is 1.00 bits per heavy atom. The smallest absolute Gasteiger partial charge is 0.336 e. The molecule has 0 atom stereocenters. The van der Waals surface area contributed by atoms with E-state index in [9.17, 15) is 4.79 Å². The van der Waals surface area contributed by atoms with Crippen molar-refractivity contribution in [1.82, 2.24) is 9.66 Å². The van der Waals surface area contributed by atoms with Gasteiger partial charge in [-0.25, -0.2) is 14.5 Å². The molecular weight excluding hydrogens is 382 g/mol. The molecule has 0 radical (unpaired) electrons. The first-order valence-corrected chi connectivity index (χ1v) is 10.1. The van der Waals surface area contributed by atoms with Crippen LogP contribution < -0.4 is 11.5 Å². The third-order valence-electron chi connectivity index (χ3n) is 4.84. The van der Waals surface area contributed by atoms with Crippen molar-refractivity contribution in [3.05, 3.63) is 95.0 Å². The Labute approximate surface area is 170 Å². The van der Waals surface area contributed by atoms with E-state index in [0.717, 1.165) is 33.0 Å². The Morgan fingerprint density at radius 2 is 1.79 bits per heavy atom. The second kappa shape index (κ2) is 7.14. The van der Waals surface area contributed by atoms with Gasteiger partial charge < -0.3 is 10.3 Å². The first-order chi connectivity index (χ1) is 14.2. The van der Waals surface area contributed by atoms with Crippen LogP contribution in [-0.2, 0) is 5.75 Å². The quantitative estimate of drug-likeness (QED) is 0.203. The van der Waals surface area contributed by atoms with Gasteiger partial charge in [0.2, 0.25) is 0 Å². The Bertz CT molecular complexity index is 1390. The van der Waals surface area contributed by atoms with E-state index in [4.69, 9.17) is 10.3 Å². The summed E-state index contributed by atoms with van der Waals surface area (Å²) < 4.78 is 6.96. The number of nitrogen functional groups attached to an aromatic ring is 1. The summed E-state index contributed by atoms with van der Waals surface area (Å²) in [4.78, 5) is 16.7. The molecule has 0 saturated carbocycles. The van der Waals surface area contributed by atoms with Crippen LogP contribution in [0.2, 0.25) is 0 Å². The van der Waals surface area contributed by atoms with Crippen LogP contribution in [-0.4, -0.2) is 9.66 Å². The molecule has 2 heterocycles. The minimum atomic E-state index is -0.357. The zero-order valence-corrected chi connectivity index (χ0v) is 16.2. The monoisotopic (exact) mass is 399 g/mol. The van der Waals surface area contributed by atoms with Crippen molar-refractivity contribution in [2.75, 3.05) is 5.84 Å². The van der Waals surface area contributed by atoms with E-state index in [1.54, 1.807) is 6.07 Å². The molecule has 0 aliphatic rings. The van der Waals surface area contributed by atoms with Crippen LogP contribution in [0.15, 0.2) is 93.4 Å². The maximum absolute atomic E-state index is 12.1. The number of rotatable bonds is 4. The van der Waals surface area contributed by atoms with Crippen LogP contribution >= 0.6 is 11.8 Å². The molecule has 0 spiro atoms. The maximum Gasteiger partial charge on any atom is 0.336 e. The molecule has 5 aromatic rings. The topological polar surface area (TPSA) is 74.1 Å². The zero-order valence-electron chi connectivity index (χ0n) is 15.4. The van der Waals surface area contributed by atoms with Crippen molar-refractivity contribution in [2.24, 2.45) is 0 Å². The first-order valence-electron chi connectivity index (χ1n) is 9.16. The number of thioether (sulfide) groups is 1. The predicted molar refractivity (Wildman–Crippen MR) is 117 cm³/mol. The van der Waals surface area contributed by atoms with Crippen molar-refractivity contribution < 1.29 is 4.42 Å². The summed E-state index contributed by atoms with van der Waals surface area (Å²) in [5, 5.41) is 3.80. The highest BCUT2D eigenvalue weighted by molar-refractivity contribution is 7.98.